The van der Waals surface area contributed by atoms with Gasteiger partial charge in [-0.15, -0.1) is 0 Å². The third kappa shape index (κ3) is 4.06. The first-order valence-electron chi connectivity index (χ1n) is 4.48. The zero-order valence-corrected chi connectivity index (χ0v) is 10.7. The Balaban J connectivity index is 0.000000141. The van der Waals surface area contributed by atoms with Crippen molar-refractivity contribution in [1.82, 2.24) is 4.98 Å². The van der Waals surface area contributed by atoms with E-state index in [4.69, 9.17) is 0 Å². The van der Waals surface area contributed by atoms with E-state index in [-0.39, 0.29) is 13.5 Å². The number of pyridine rings is 1. The van der Waals surface area contributed by atoms with E-state index in [1.54, 1.807) is 12.4 Å². The van der Waals surface area contributed by atoms with Gasteiger partial charge in [-0.3, -0.25) is 4.98 Å². The third-order valence-corrected chi connectivity index (χ3v) is 2.54. The molecule has 1 aromatic carbocycles. The molecule has 1 aliphatic carbocycles. The highest BCUT2D eigenvalue weighted by Crippen LogP contribution is 2.25. The van der Waals surface area contributed by atoms with E-state index in [0.717, 1.165) is 4.47 Å². The minimum Gasteiger partial charge on any atom is -0.265 e. The largest absolute Gasteiger partial charge is 0.265 e. The van der Waals surface area contributed by atoms with Crippen LogP contribution in [0.2, 0.25) is 0 Å². The fourth-order valence-corrected chi connectivity index (χ4v) is 1.41. The van der Waals surface area contributed by atoms with Crippen molar-refractivity contribution in [2.45, 2.75) is 6.42 Å². The highest BCUT2D eigenvalue weighted by molar-refractivity contribution is 9.10. The molecule has 1 aliphatic rings. The van der Waals surface area contributed by atoms with E-state index in [1.165, 1.54) is 17.5 Å². The highest BCUT2D eigenvalue weighted by Gasteiger charge is 2.12. The van der Waals surface area contributed by atoms with Crippen LogP contribution >= 0.6 is 29.4 Å². The van der Waals surface area contributed by atoms with Crippen molar-refractivity contribution in [2.24, 2.45) is 0 Å². The Kier molecular flexibility index (Phi) is 4.85. The molecular weight excluding hydrogens is 270 g/mol. The molecule has 0 bridgehead atoms. The fraction of sp³-hybridized carbons (Fsp3) is 0.0833. The van der Waals surface area contributed by atoms with Crippen molar-refractivity contribution in [3.8, 4) is 0 Å². The standard InChI is InChI=1S/C7H6.C5H4BrN.H2S/c1-2-4-7-5-6(7)3-1;6-5-1-3-7-4-2-5;/h1-4H,5H2;1-4H;1H2. The van der Waals surface area contributed by atoms with Crippen LogP contribution in [0.4, 0.5) is 0 Å². The van der Waals surface area contributed by atoms with Crippen LogP contribution in [0.3, 0.4) is 0 Å². The normalized spacial score (nSPS) is 10.2. The SMILES string of the molecule is Brc1ccncc1.S.c1ccc2c(c1)C2. The lowest BCUT2D eigenvalue weighted by Crippen LogP contribution is -1.63. The van der Waals surface area contributed by atoms with Gasteiger partial charge in [-0.25, -0.2) is 0 Å². The molecule has 0 N–H and O–H groups in total. The molecule has 0 saturated carbocycles. The second-order valence-corrected chi connectivity index (χ2v) is 4.03. The molecule has 0 saturated heterocycles. The van der Waals surface area contributed by atoms with E-state index in [2.05, 4.69) is 45.2 Å². The van der Waals surface area contributed by atoms with Gasteiger partial charge < -0.3 is 0 Å². The van der Waals surface area contributed by atoms with Crippen molar-refractivity contribution in [3.05, 3.63) is 64.4 Å². The quantitative estimate of drug-likeness (QED) is 0.614. The Morgan fingerprint density at radius 1 is 0.933 bits per heavy atom. The average molecular weight is 282 g/mol. The molecular formula is C12H12BrNS. The number of halogens is 1. The van der Waals surface area contributed by atoms with Crippen molar-refractivity contribution < 1.29 is 0 Å². The van der Waals surface area contributed by atoms with Gasteiger partial charge in [0, 0.05) is 16.9 Å². The lowest BCUT2D eigenvalue weighted by atomic mass is 10.4. The summed E-state index contributed by atoms with van der Waals surface area (Å²) in [5, 5.41) is 0. The number of fused-ring (bicyclic) bond motifs is 1. The molecule has 0 atom stereocenters. The third-order valence-electron chi connectivity index (χ3n) is 2.01. The summed E-state index contributed by atoms with van der Waals surface area (Å²) in [7, 11) is 0. The van der Waals surface area contributed by atoms with Crippen molar-refractivity contribution in [2.75, 3.05) is 0 Å². The summed E-state index contributed by atoms with van der Waals surface area (Å²) >= 11 is 3.27. The Bertz CT molecular complexity index is 384. The Labute approximate surface area is 105 Å². The summed E-state index contributed by atoms with van der Waals surface area (Å²) in [5.41, 5.74) is 3.06. The van der Waals surface area contributed by atoms with Crippen molar-refractivity contribution in [3.63, 3.8) is 0 Å². The lowest BCUT2D eigenvalue weighted by Gasteiger charge is -1.80. The molecule has 0 spiro atoms. The zero-order chi connectivity index (χ0) is 9.80. The molecule has 78 valence electrons. The van der Waals surface area contributed by atoms with Gasteiger partial charge in [-0.1, -0.05) is 40.2 Å². The van der Waals surface area contributed by atoms with E-state index < -0.39 is 0 Å². The van der Waals surface area contributed by atoms with Crippen molar-refractivity contribution in [1.29, 1.82) is 0 Å². The first kappa shape index (κ1) is 12.3. The summed E-state index contributed by atoms with van der Waals surface area (Å²) in [6.45, 7) is 0. The van der Waals surface area contributed by atoms with Crippen LogP contribution in [-0.4, -0.2) is 4.98 Å². The van der Waals surface area contributed by atoms with E-state index in [9.17, 15) is 0 Å². The molecule has 3 heteroatoms. The predicted octanol–water partition coefficient (Wildman–Crippen LogP) is 3.55. The number of nitrogens with zero attached hydrogens (tertiary/aromatic N) is 1. The van der Waals surface area contributed by atoms with Gasteiger partial charge in [0.1, 0.15) is 0 Å². The predicted molar refractivity (Wildman–Crippen MR) is 71.6 cm³/mol. The van der Waals surface area contributed by atoms with E-state index in [1.807, 2.05) is 12.1 Å². The first-order chi connectivity index (χ1) is 6.86. The fourth-order valence-electron chi connectivity index (χ4n) is 1.17. The summed E-state index contributed by atoms with van der Waals surface area (Å²) in [6.07, 6.45) is 4.72. The molecule has 0 radical (unpaired) electrons. The molecule has 0 fully saturated rings. The Morgan fingerprint density at radius 2 is 1.47 bits per heavy atom. The van der Waals surface area contributed by atoms with Crippen molar-refractivity contribution >= 4 is 29.4 Å². The Hall–Kier alpha value is -0.800. The zero-order valence-electron chi connectivity index (χ0n) is 8.15. The summed E-state index contributed by atoms with van der Waals surface area (Å²) in [5.74, 6) is 0. The van der Waals surface area contributed by atoms with Gasteiger partial charge in [-0.2, -0.15) is 13.5 Å². The maximum absolute atomic E-state index is 3.82. The summed E-state index contributed by atoms with van der Waals surface area (Å²) < 4.78 is 1.07. The molecule has 0 aliphatic heterocycles. The minimum absolute atomic E-state index is 0. The van der Waals surface area contributed by atoms with Crippen LogP contribution in [0.25, 0.3) is 0 Å². The van der Waals surface area contributed by atoms with Crippen LogP contribution in [0.15, 0.2) is 53.3 Å². The second kappa shape index (κ2) is 5.93. The van der Waals surface area contributed by atoms with Gasteiger partial charge in [-0.05, 0) is 29.7 Å². The average Bonchev–Trinajstić information content (AvgIpc) is 2.98. The van der Waals surface area contributed by atoms with Crippen LogP contribution < -0.4 is 0 Å². The van der Waals surface area contributed by atoms with Gasteiger partial charge in [0.2, 0.25) is 0 Å². The number of hydrogen-bond donors (Lipinski definition) is 0. The maximum atomic E-state index is 3.82. The van der Waals surface area contributed by atoms with Crippen LogP contribution in [0.1, 0.15) is 11.1 Å². The first-order valence-corrected chi connectivity index (χ1v) is 5.28. The summed E-state index contributed by atoms with van der Waals surface area (Å²) in [4.78, 5) is 3.82. The topological polar surface area (TPSA) is 12.9 Å². The van der Waals surface area contributed by atoms with Gasteiger partial charge in [0.05, 0.1) is 0 Å². The monoisotopic (exact) mass is 281 g/mol. The lowest BCUT2D eigenvalue weighted by molar-refractivity contribution is 1.32. The molecule has 1 nitrogen and oxygen atoms in total. The molecule has 2 aromatic rings. The number of benzene rings is 1. The smallest absolute Gasteiger partial charge is 0.0279 e. The minimum atomic E-state index is 0. The Morgan fingerprint density at radius 3 is 1.80 bits per heavy atom. The molecule has 1 aromatic heterocycles. The molecule has 3 rings (SSSR count). The molecule has 0 amide bonds. The highest BCUT2D eigenvalue weighted by atomic mass is 79.9. The number of aromatic nitrogens is 1. The van der Waals surface area contributed by atoms with Gasteiger partial charge in [0.25, 0.3) is 0 Å². The van der Waals surface area contributed by atoms with Gasteiger partial charge in [0.15, 0.2) is 0 Å². The van der Waals surface area contributed by atoms with Gasteiger partial charge >= 0.3 is 0 Å². The second-order valence-electron chi connectivity index (χ2n) is 3.11. The number of hydrogen-bond acceptors (Lipinski definition) is 1. The van der Waals surface area contributed by atoms with Crippen LogP contribution in [0.5, 0.6) is 0 Å². The number of rotatable bonds is 0. The molecule has 15 heavy (non-hydrogen) atoms. The van der Waals surface area contributed by atoms with Crippen LogP contribution in [0, 0.1) is 0 Å². The molecule has 0 unspecified atom stereocenters. The van der Waals surface area contributed by atoms with E-state index >= 15 is 0 Å². The maximum Gasteiger partial charge on any atom is 0.0279 e. The van der Waals surface area contributed by atoms with Crippen LogP contribution in [-0.2, 0) is 6.42 Å². The summed E-state index contributed by atoms with van der Waals surface area (Å²) in [6, 6.07) is 12.3. The molecule has 1 heterocycles. The van der Waals surface area contributed by atoms with E-state index in [0.29, 0.717) is 0 Å².